The quantitative estimate of drug-likeness (QED) is 0.493. The van der Waals surface area contributed by atoms with Gasteiger partial charge in [-0.15, -0.1) is 0 Å². The summed E-state index contributed by atoms with van der Waals surface area (Å²) < 4.78 is 2.05. The molecule has 3 nitrogen and oxygen atoms in total. The molecule has 1 rings (SSSR count). The lowest BCUT2D eigenvalue weighted by Gasteiger charge is -2.06. The van der Waals surface area contributed by atoms with Crippen LogP contribution in [0.5, 0.6) is 0 Å². The Morgan fingerprint density at radius 1 is 1.06 bits per heavy atom. The van der Waals surface area contributed by atoms with Gasteiger partial charge in [0.05, 0.1) is 11.3 Å². The summed E-state index contributed by atoms with van der Waals surface area (Å²) in [7, 11) is 0. The van der Waals surface area contributed by atoms with Crippen molar-refractivity contribution in [3.05, 3.63) is 17.0 Å². The minimum Gasteiger partial charge on any atom is -0.298 e. The zero-order chi connectivity index (χ0) is 13.4. The summed E-state index contributed by atoms with van der Waals surface area (Å²) in [6, 6.07) is 0. The third-order valence-corrected chi connectivity index (χ3v) is 3.44. The van der Waals surface area contributed by atoms with Crippen molar-refractivity contribution >= 4 is 6.29 Å². The number of hydrogen-bond acceptors (Lipinski definition) is 2. The SMILES string of the molecule is CCCCCCCn1nc(CC)c(C=O)c1CC. The van der Waals surface area contributed by atoms with Crippen molar-refractivity contribution in [1.29, 1.82) is 0 Å². The number of aromatic nitrogens is 2. The number of nitrogens with zero attached hydrogens (tertiary/aromatic N) is 2. The summed E-state index contributed by atoms with van der Waals surface area (Å²) in [6.07, 6.45) is 9.01. The van der Waals surface area contributed by atoms with Crippen molar-refractivity contribution in [3.8, 4) is 0 Å². The van der Waals surface area contributed by atoms with Gasteiger partial charge in [-0.05, 0) is 19.3 Å². The molecule has 0 saturated carbocycles. The molecule has 0 amide bonds. The zero-order valence-corrected chi connectivity index (χ0v) is 12.0. The Morgan fingerprint density at radius 2 is 1.78 bits per heavy atom. The van der Waals surface area contributed by atoms with Gasteiger partial charge in [0.25, 0.3) is 0 Å². The highest BCUT2D eigenvalue weighted by molar-refractivity contribution is 5.78. The Morgan fingerprint density at radius 3 is 2.33 bits per heavy atom. The van der Waals surface area contributed by atoms with Gasteiger partial charge in [0.2, 0.25) is 0 Å². The van der Waals surface area contributed by atoms with Crippen LogP contribution in [0.4, 0.5) is 0 Å². The smallest absolute Gasteiger partial charge is 0.153 e. The first kappa shape index (κ1) is 14.9. The van der Waals surface area contributed by atoms with Gasteiger partial charge in [0.1, 0.15) is 0 Å². The summed E-state index contributed by atoms with van der Waals surface area (Å²) in [5.41, 5.74) is 2.89. The van der Waals surface area contributed by atoms with Crippen LogP contribution in [0.15, 0.2) is 0 Å². The van der Waals surface area contributed by atoms with Crippen molar-refractivity contribution in [2.45, 2.75) is 72.3 Å². The van der Waals surface area contributed by atoms with E-state index < -0.39 is 0 Å². The molecule has 0 aliphatic carbocycles. The molecule has 0 unspecified atom stereocenters. The molecule has 0 fully saturated rings. The number of hydrogen-bond donors (Lipinski definition) is 0. The summed E-state index contributed by atoms with van der Waals surface area (Å²) >= 11 is 0. The highest BCUT2D eigenvalue weighted by atomic mass is 16.1. The third kappa shape index (κ3) is 3.69. The molecule has 18 heavy (non-hydrogen) atoms. The van der Waals surface area contributed by atoms with Gasteiger partial charge in [-0.1, -0.05) is 46.5 Å². The topological polar surface area (TPSA) is 34.9 Å². The maximum absolute atomic E-state index is 11.1. The van der Waals surface area contributed by atoms with E-state index in [0.717, 1.165) is 49.0 Å². The van der Waals surface area contributed by atoms with E-state index in [2.05, 4.69) is 30.6 Å². The molecule has 3 heteroatoms. The van der Waals surface area contributed by atoms with Gasteiger partial charge in [-0.3, -0.25) is 9.48 Å². The van der Waals surface area contributed by atoms with E-state index in [9.17, 15) is 4.79 Å². The fraction of sp³-hybridized carbons (Fsp3) is 0.733. The summed E-state index contributed by atoms with van der Waals surface area (Å²) in [4.78, 5) is 11.1. The van der Waals surface area contributed by atoms with Crippen LogP contribution in [-0.2, 0) is 19.4 Å². The molecule has 0 saturated heterocycles. The largest absolute Gasteiger partial charge is 0.298 e. The van der Waals surface area contributed by atoms with Gasteiger partial charge in [-0.2, -0.15) is 5.10 Å². The molecule has 102 valence electrons. The molecular weight excluding hydrogens is 224 g/mol. The number of aryl methyl sites for hydroxylation is 2. The zero-order valence-electron chi connectivity index (χ0n) is 12.0. The van der Waals surface area contributed by atoms with Crippen LogP contribution in [0.3, 0.4) is 0 Å². The van der Waals surface area contributed by atoms with Crippen molar-refractivity contribution in [2.24, 2.45) is 0 Å². The lowest BCUT2D eigenvalue weighted by Crippen LogP contribution is -2.05. The molecule has 0 aliphatic heterocycles. The molecule has 1 heterocycles. The molecule has 0 radical (unpaired) electrons. The molecule has 0 atom stereocenters. The van der Waals surface area contributed by atoms with E-state index in [-0.39, 0.29) is 0 Å². The Balaban J connectivity index is 2.64. The van der Waals surface area contributed by atoms with Crippen molar-refractivity contribution < 1.29 is 4.79 Å². The fourth-order valence-corrected chi connectivity index (χ4v) is 2.39. The lowest BCUT2D eigenvalue weighted by molar-refractivity contribution is 0.112. The molecule has 0 N–H and O–H groups in total. The molecular formula is C15H26N2O. The Kier molecular flexibility index (Phi) is 6.69. The Bertz CT molecular complexity index is 369. The van der Waals surface area contributed by atoms with E-state index in [4.69, 9.17) is 0 Å². The van der Waals surface area contributed by atoms with E-state index in [1.807, 2.05) is 0 Å². The number of aldehydes is 1. The monoisotopic (exact) mass is 250 g/mol. The number of carbonyl (C=O) groups excluding carboxylic acids is 1. The predicted molar refractivity (Wildman–Crippen MR) is 75.1 cm³/mol. The van der Waals surface area contributed by atoms with Crippen LogP contribution in [0.25, 0.3) is 0 Å². The van der Waals surface area contributed by atoms with Gasteiger partial charge < -0.3 is 0 Å². The average Bonchev–Trinajstić information content (AvgIpc) is 2.75. The van der Waals surface area contributed by atoms with E-state index in [1.54, 1.807) is 0 Å². The Labute approximate surface area is 111 Å². The summed E-state index contributed by atoms with van der Waals surface area (Å²) in [5.74, 6) is 0. The van der Waals surface area contributed by atoms with Gasteiger partial charge >= 0.3 is 0 Å². The second kappa shape index (κ2) is 8.06. The first-order chi connectivity index (χ1) is 8.78. The first-order valence-electron chi connectivity index (χ1n) is 7.32. The number of unbranched alkanes of at least 4 members (excludes halogenated alkanes) is 4. The second-order valence-corrected chi connectivity index (χ2v) is 4.77. The van der Waals surface area contributed by atoms with Crippen LogP contribution in [0.2, 0.25) is 0 Å². The van der Waals surface area contributed by atoms with Crippen LogP contribution >= 0.6 is 0 Å². The number of carbonyl (C=O) groups is 1. The number of rotatable bonds is 9. The van der Waals surface area contributed by atoms with E-state index in [0.29, 0.717) is 0 Å². The summed E-state index contributed by atoms with van der Waals surface area (Å²) in [6.45, 7) is 7.33. The van der Waals surface area contributed by atoms with E-state index in [1.165, 1.54) is 25.7 Å². The van der Waals surface area contributed by atoms with Gasteiger partial charge in [0.15, 0.2) is 6.29 Å². The highest BCUT2D eigenvalue weighted by Crippen LogP contribution is 2.15. The van der Waals surface area contributed by atoms with Crippen LogP contribution in [-0.4, -0.2) is 16.1 Å². The van der Waals surface area contributed by atoms with Gasteiger partial charge in [-0.25, -0.2) is 0 Å². The fourth-order valence-electron chi connectivity index (χ4n) is 2.39. The predicted octanol–water partition coefficient (Wildman–Crippen LogP) is 3.79. The third-order valence-electron chi connectivity index (χ3n) is 3.44. The van der Waals surface area contributed by atoms with Gasteiger partial charge in [0, 0.05) is 12.2 Å². The second-order valence-electron chi connectivity index (χ2n) is 4.77. The minimum atomic E-state index is 0.827. The van der Waals surface area contributed by atoms with Crippen LogP contribution in [0.1, 0.15) is 74.6 Å². The Hall–Kier alpha value is -1.12. The van der Waals surface area contributed by atoms with E-state index >= 15 is 0 Å². The highest BCUT2D eigenvalue weighted by Gasteiger charge is 2.14. The first-order valence-corrected chi connectivity index (χ1v) is 7.32. The minimum absolute atomic E-state index is 0.827. The molecule has 1 aromatic heterocycles. The maximum atomic E-state index is 11.1. The molecule has 1 aromatic rings. The molecule has 0 aliphatic rings. The summed E-state index contributed by atoms with van der Waals surface area (Å²) in [5, 5.41) is 4.57. The molecule has 0 bridgehead atoms. The molecule has 0 spiro atoms. The van der Waals surface area contributed by atoms with Crippen LogP contribution in [0, 0.1) is 0 Å². The van der Waals surface area contributed by atoms with Crippen molar-refractivity contribution in [2.75, 3.05) is 0 Å². The normalized spacial score (nSPS) is 10.8. The molecule has 0 aromatic carbocycles. The average molecular weight is 250 g/mol. The van der Waals surface area contributed by atoms with Crippen molar-refractivity contribution in [3.63, 3.8) is 0 Å². The maximum Gasteiger partial charge on any atom is 0.153 e. The standard InChI is InChI=1S/C15H26N2O/c1-4-7-8-9-10-11-17-15(6-3)13(12-18)14(5-2)16-17/h12H,4-11H2,1-3H3. The lowest BCUT2D eigenvalue weighted by atomic mass is 10.1. The van der Waals surface area contributed by atoms with Crippen LogP contribution < -0.4 is 0 Å². The van der Waals surface area contributed by atoms with Crippen molar-refractivity contribution in [1.82, 2.24) is 9.78 Å².